The van der Waals surface area contributed by atoms with Crippen LogP contribution in [-0.2, 0) is 0 Å². The fourth-order valence-corrected chi connectivity index (χ4v) is 1.96. The van der Waals surface area contributed by atoms with E-state index < -0.39 is 11.8 Å². The third kappa shape index (κ3) is 4.10. The quantitative estimate of drug-likeness (QED) is 0.799. The van der Waals surface area contributed by atoms with Gasteiger partial charge in [0.05, 0.1) is 16.3 Å². The van der Waals surface area contributed by atoms with Gasteiger partial charge >= 0.3 is 5.97 Å². The van der Waals surface area contributed by atoms with E-state index in [9.17, 15) is 9.18 Å². The molecule has 0 atom stereocenters. The molecule has 2 aromatic carbocycles. The summed E-state index contributed by atoms with van der Waals surface area (Å²) in [5.41, 5.74) is 0.375. The molecule has 6 heteroatoms. The third-order valence-electron chi connectivity index (χ3n) is 2.72. The first kappa shape index (κ1) is 15.1. The fraction of sp³-hybridized carbons (Fsp3) is 0.133. The summed E-state index contributed by atoms with van der Waals surface area (Å²) in [4.78, 5) is 10.8. The molecule has 0 saturated carbocycles. The van der Waals surface area contributed by atoms with E-state index in [-0.39, 0.29) is 17.9 Å². The van der Waals surface area contributed by atoms with Gasteiger partial charge in [0.2, 0.25) is 0 Å². The van der Waals surface area contributed by atoms with Crippen molar-refractivity contribution in [2.75, 3.05) is 18.5 Å². The van der Waals surface area contributed by atoms with Crippen LogP contribution in [-0.4, -0.2) is 24.2 Å². The molecule has 2 rings (SSSR count). The van der Waals surface area contributed by atoms with Gasteiger partial charge in [-0.25, -0.2) is 9.18 Å². The highest BCUT2D eigenvalue weighted by Crippen LogP contribution is 2.24. The second-order valence-electron chi connectivity index (χ2n) is 4.20. The first-order chi connectivity index (χ1) is 10.1. The predicted octanol–water partition coefficient (Wildman–Crippen LogP) is 3.67. The van der Waals surface area contributed by atoms with Crippen molar-refractivity contribution in [2.45, 2.75) is 0 Å². The lowest BCUT2D eigenvalue weighted by molar-refractivity contribution is 0.0696. The molecule has 0 fully saturated rings. The molecule has 0 bridgehead atoms. The number of para-hydroxylation sites is 1. The highest BCUT2D eigenvalue weighted by Gasteiger charge is 2.06. The molecule has 2 aromatic rings. The van der Waals surface area contributed by atoms with Crippen LogP contribution < -0.4 is 10.1 Å². The lowest BCUT2D eigenvalue weighted by atomic mass is 10.2. The van der Waals surface area contributed by atoms with Crippen LogP contribution in [0.3, 0.4) is 0 Å². The molecule has 4 nitrogen and oxygen atoms in total. The maximum atomic E-state index is 13.5. The topological polar surface area (TPSA) is 58.6 Å². The summed E-state index contributed by atoms with van der Waals surface area (Å²) in [6.07, 6.45) is 0. The first-order valence-corrected chi connectivity index (χ1v) is 6.60. The predicted molar refractivity (Wildman–Crippen MR) is 78.8 cm³/mol. The summed E-state index contributed by atoms with van der Waals surface area (Å²) >= 11 is 5.87. The normalized spacial score (nSPS) is 10.2. The highest BCUT2D eigenvalue weighted by molar-refractivity contribution is 6.33. The second kappa shape index (κ2) is 6.95. The van der Waals surface area contributed by atoms with E-state index in [1.807, 2.05) is 0 Å². The van der Waals surface area contributed by atoms with E-state index >= 15 is 0 Å². The van der Waals surface area contributed by atoms with Gasteiger partial charge in [-0.05, 0) is 30.3 Å². The number of aromatic carboxylic acids is 1. The molecule has 0 heterocycles. The summed E-state index contributed by atoms with van der Waals surface area (Å²) in [5.74, 6) is -1.01. The smallest absolute Gasteiger partial charge is 0.335 e. The molecule has 0 aliphatic carbocycles. The van der Waals surface area contributed by atoms with Crippen LogP contribution in [0.5, 0.6) is 5.75 Å². The Kier molecular flexibility index (Phi) is 5.00. The molecule has 0 aliphatic rings. The van der Waals surface area contributed by atoms with Crippen LogP contribution in [0.15, 0.2) is 42.5 Å². The minimum Gasteiger partial charge on any atom is -0.492 e. The van der Waals surface area contributed by atoms with Crippen molar-refractivity contribution in [1.29, 1.82) is 0 Å². The van der Waals surface area contributed by atoms with Gasteiger partial charge in [-0.3, -0.25) is 0 Å². The molecule has 0 unspecified atom stereocenters. The van der Waals surface area contributed by atoms with Gasteiger partial charge in [-0.15, -0.1) is 0 Å². The Labute approximate surface area is 126 Å². The van der Waals surface area contributed by atoms with Gasteiger partial charge in [0.15, 0.2) is 0 Å². The standard InChI is InChI=1S/C15H13ClFNO3/c16-12-5-2-6-13(17)14(12)18-7-8-21-11-4-1-3-10(9-11)15(19)20/h1-6,9,18H,7-8H2,(H,19,20). The molecule has 0 spiro atoms. The number of carboxylic acid groups (broad SMARTS) is 1. The zero-order valence-corrected chi connectivity index (χ0v) is 11.7. The van der Waals surface area contributed by atoms with E-state index in [1.165, 1.54) is 24.3 Å². The second-order valence-corrected chi connectivity index (χ2v) is 4.61. The van der Waals surface area contributed by atoms with Crippen LogP contribution in [0.1, 0.15) is 10.4 Å². The lowest BCUT2D eigenvalue weighted by Gasteiger charge is -2.10. The van der Waals surface area contributed by atoms with Gasteiger partial charge in [-0.1, -0.05) is 23.7 Å². The Morgan fingerprint density at radius 2 is 2.05 bits per heavy atom. The van der Waals surface area contributed by atoms with Gasteiger partial charge < -0.3 is 15.2 Å². The van der Waals surface area contributed by atoms with Crippen molar-refractivity contribution >= 4 is 23.3 Å². The van der Waals surface area contributed by atoms with Gasteiger partial charge in [-0.2, -0.15) is 0 Å². The number of hydrogen-bond acceptors (Lipinski definition) is 3. The van der Waals surface area contributed by atoms with E-state index in [1.54, 1.807) is 18.2 Å². The minimum atomic E-state index is -1.02. The van der Waals surface area contributed by atoms with Crippen LogP contribution >= 0.6 is 11.6 Å². The summed E-state index contributed by atoms with van der Waals surface area (Å²) in [6.45, 7) is 0.575. The maximum Gasteiger partial charge on any atom is 0.335 e. The van der Waals surface area contributed by atoms with Crippen molar-refractivity contribution < 1.29 is 19.0 Å². The number of benzene rings is 2. The molecular weight excluding hydrogens is 297 g/mol. The molecule has 110 valence electrons. The molecule has 0 amide bonds. The molecule has 0 radical (unpaired) electrons. The molecule has 0 saturated heterocycles. The van der Waals surface area contributed by atoms with Crippen molar-refractivity contribution in [3.8, 4) is 5.75 Å². The van der Waals surface area contributed by atoms with Crippen molar-refractivity contribution in [3.05, 3.63) is 58.9 Å². The number of rotatable bonds is 6. The highest BCUT2D eigenvalue weighted by atomic mass is 35.5. The zero-order chi connectivity index (χ0) is 15.2. The fourth-order valence-electron chi connectivity index (χ4n) is 1.73. The summed E-state index contributed by atoms with van der Waals surface area (Å²) in [7, 11) is 0. The Morgan fingerprint density at radius 1 is 1.29 bits per heavy atom. The number of ether oxygens (including phenoxy) is 1. The molecule has 0 aliphatic heterocycles. The Bertz CT molecular complexity index is 628. The SMILES string of the molecule is O=C(O)c1cccc(OCCNc2c(F)cccc2Cl)c1. The first-order valence-electron chi connectivity index (χ1n) is 6.22. The number of halogens is 2. The maximum absolute atomic E-state index is 13.5. The monoisotopic (exact) mass is 309 g/mol. The van der Waals surface area contributed by atoms with E-state index in [0.717, 1.165) is 0 Å². The minimum absolute atomic E-state index is 0.151. The number of anilines is 1. The zero-order valence-electron chi connectivity index (χ0n) is 11.0. The Morgan fingerprint density at radius 3 is 2.76 bits per heavy atom. The number of nitrogens with one attached hydrogen (secondary N) is 1. The van der Waals surface area contributed by atoms with Gasteiger partial charge in [0.1, 0.15) is 18.2 Å². The average Bonchev–Trinajstić information content (AvgIpc) is 2.46. The van der Waals surface area contributed by atoms with Crippen LogP contribution in [0.2, 0.25) is 5.02 Å². The van der Waals surface area contributed by atoms with Crippen molar-refractivity contribution in [1.82, 2.24) is 0 Å². The molecule has 0 aromatic heterocycles. The molecular formula is C15H13ClFNO3. The third-order valence-corrected chi connectivity index (χ3v) is 3.03. The summed E-state index contributed by atoms with van der Waals surface area (Å²) in [6, 6.07) is 10.6. The van der Waals surface area contributed by atoms with E-state index in [0.29, 0.717) is 17.3 Å². The molecule has 2 N–H and O–H groups in total. The number of carboxylic acids is 1. The Balaban J connectivity index is 1.88. The molecule has 21 heavy (non-hydrogen) atoms. The van der Waals surface area contributed by atoms with Crippen LogP contribution in [0, 0.1) is 5.82 Å². The summed E-state index contributed by atoms with van der Waals surface area (Å²) in [5, 5.41) is 12.0. The average molecular weight is 310 g/mol. The van der Waals surface area contributed by atoms with E-state index in [2.05, 4.69) is 5.32 Å². The Hall–Kier alpha value is -2.27. The van der Waals surface area contributed by atoms with Crippen LogP contribution in [0.4, 0.5) is 10.1 Å². The van der Waals surface area contributed by atoms with Crippen molar-refractivity contribution in [3.63, 3.8) is 0 Å². The van der Waals surface area contributed by atoms with Gasteiger partial charge in [0.25, 0.3) is 0 Å². The van der Waals surface area contributed by atoms with Crippen LogP contribution in [0.25, 0.3) is 0 Å². The lowest BCUT2D eigenvalue weighted by Crippen LogP contribution is -2.13. The van der Waals surface area contributed by atoms with E-state index in [4.69, 9.17) is 21.4 Å². The summed E-state index contributed by atoms with van der Waals surface area (Å²) < 4.78 is 18.9. The van der Waals surface area contributed by atoms with Crippen molar-refractivity contribution in [2.24, 2.45) is 0 Å². The number of hydrogen-bond donors (Lipinski definition) is 2. The number of carbonyl (C=O) groups is 1. The largest absolute Gasteiger partial charge is 0.492 e. The van der Waals surface area contributed by atoms with Gasteiger partial charge in [0, 0.05) is 6.54 Å².